The van der Waals surface area contributed by atoms with Gasteiger partial charge in [0.05, 0.1) is 0 Å². The second-order valence-electron chi connectivity index (χ2n) is 4.72. The quantitative estimate of drug-likeness (QED) is 0.866. The summed E-state index contributed by atoms with van der Waals surface area (Å²) in [6, 6.07) is 10.4. The number of benzene rings is 1. The number of aromatic nitrogens is 2. The fraction of sp³-hybridized carbons (Fsp3) is 0.400. The normalized spacial score (nSPS) is 10.6. The predicted octanol–water partition coefficient (Wildman–Crippen LogP) is 2.69. The number of nitrogen functional groups attached to an aromatic ring is 1. The van der Waals surface area contributed by atoms with Crippen molar-refractivity contribution in [1.29, 1.82) is 0 Å². The van der Waals surface area contributed by atoms with E-state index in [1.807, 2.05) is 16.9 Å². The molecule has 0 aliphatic rings. The van der Waals surface area contributed by atoms with Crippen LogP contribution in [0.3, 0.4) is 0 Å². The first-order chi connectivity index (χ1) is 9.20. The molecule has 1 aromatic heterocycles. The summed E-state index contributed by atoms with van der Waals surface area (Å²) in [5.41, 5.74) is 8.26. The molecule has 0 radical (unpaired) electrons. The molecule has 0 spiro atoms. The van der Waals surface area contributed by atoms with E-state index in [2.05, 4.69) is 48.1 Å². The van der Waals surface area contributed by atoms with Crippen LogP contribution in [-0.4, -0.2) is 22.9 Å². The zero-order valence-electron chi connectivity index (χ0n) is 11.7. The fourth-order valence-corrected chi connectivity index (χ4v) is 2.29. The van der Waals surface area contributed by atoms with Crippen molar-refractivity contribution in [2.45, 2.75) is 26.8 Å². The molecule has 1 aromatic carbocycles. The highest BCUT2D eigenvalue weighted by Gasteiger charge is 2.06. The van der Waals surface area contributed by atoms with E-state index in [0.717, 1.165) is 26.1 Å². The molecule has 0 unspecified atom stereocenters. The Morgan fingerprint density at radius 2 is 2.05 bits per heavy atom. The number of hydrogen-bond donors (Lipinski definition) is 1. The third-order valence-corrected chi connectivity index (χ3v) is 3.31. The lowest BCUT2D eigenvalue weighted by molar-refractivity contribution is 0.574. The first-order valence-corrected chi connectivity index (χ1v) is 6.80. The molecule has 19 heavy (non-hydrogen) atoms. The van der Waals surface area contributed by atoms with Gasteiger partial charge in [-0.25, -0.2) is 0 Å². The van der Waals surface area contributed by atoms with E-state index in [1.54, 1.807) is 0 Å². The van der Waals surface area contributed by atoms with Gasteiger partial charge in [0.25, 0.3) is 0 Å². The smallest absolute Gasteiger partial charge is 0.145 e. The van der Waals surface area contributed by atoms with Crippen LogP contribution in [0.5, 0.6) is 0 Å². The molecule has 0 fully saturated rings. The van der Waals surface area contributed by atoms with E-state index >= 15 is 0 Å². The molecule has 4 heteroatoms. The molecule has 1 heterocycles. The zero-order chi connectivity index (χ0) is 13.7. The van der Waals surface area contributed by atoms with Crippen LogP contribution < -0.4 is 10.6 Å². The van der Waals surface area contributed by atoms with Crippen molar-refractivity contribution in [1.82, 2.24) is 9.78 Å². The molecule has 2 aromatic rings. The fourth-order valence-electron chi connectivity index (χ4n) is 2.29. The minimum Gasteiger partial charge on any atom is -0.382 e. The summed E-state index contributed by atoms with van der Waals surface area (Å²) in [4.78, 5) is 2.40. The van der Waals surface area contributed by atoms with Gasteiger partial charge in [0, 0.05) is 31.5 Å². The molecule has 0 saturated carbocycles. The average molecular weight is 258 g/mol. The van der Waals surface area contributed by atoms with Gasteiger partial charge < -0.3 is 10.6 Å². The van der Waals surface area contributed by atoms with Crippen LogP contribution in [0.15, 0.2) is 36.5 Å². The monoisotopic (exact) mass is 258 g/mol. The van der Waals surface area contributed by atoms with E-state index < -0.39 is 0 Å². The number of nitrogens with zero attached hydrogens (tertiary/aromatic N) is 3. The highest BCUT2D eigenvalue weighted by Crippen LogP contribution is 2.19. The molecule has 102 valence electrons. The SMILES string of the molecule is CCN(CCCn1ccc(N)n1)c1ccccc1C. The third-order valence-electron chi connectivity index (χ3n) is 3.31. The Bertz CT molecular complexity index is 518. The van der Waals surface area contributed by atoms with Gasteiger partial charge in [-0.05, 0) is 38.0 Å². The standard InChI is InChI=1S/C15H22N4/c1-3-18(14-8-5-4-7-13(14)2)10-6-11-19-12-9-15(16)17-19/h4-5,7-9,12H,3,6,10-11H2,1-2H3,(H2,16,17). The lowest BCUT2D eigenvalue weighted by Crippen LogP contribution is -2.25. The molecule has 0 atom stereocenters. The van der Waals surface area contributed by atoms with Crippen LogP contribution >= 0.6 is 0 Å². The van der Waals surface area contributed by atoms with Crippen molar-refractivity contribution in [3.8, 4) is 0 Å². The molecule has 0 aliphatic carbocycles. The number of aryl methyl sites for hydroxylation is 2. The van der Waals surface area contributed by atoms with E-state index in [0.29, 0.717) is 5.82 Å². The molecule has 4 nitrogen and oxygen atoms in total. The summed E-state index contributed by atoms with van der Waals surface area (Å²) in [5, 5.41) is 4.20. The number of anilines is 2. The van der Waals surface area contributed by atoms with Gasteiger partial charge >= 0.3 is 0 Å². The van der Waals surface area contributed by atoms with Crippen molar-refractivity contribution in [2.24, 2.45) is 0 Å². The Labute approximate surface area is 114 Å². The number of rotatable bonds is 6. The van der Waals surface area contributed by atoms with Gasteiger partial charge in [0.15, 0.2) is 0 Å². The van der Waals surface area contributed by atoms with Gasteiger partial charge in [-0.1, -0.05) is 18.2 Å². The maximum Gasteiger partial charge on any atom is 0.145 e. The van der Waals surface area contributed by atoms with Gasteiger partial charge in [-0.15, -0.1) is 0 Å². The summed E-state index contributed by atoms with van der Waals surface area (Å²) in [5.74, 6) is 0.589. The number of nitrogens with two attached hydrogens (primary N) is 1. The minimum absolute atomic E-state index is 0.589. The summed E-state index contributed by atoms with van der Waals surface area (Å²) in [6.45, 7) is 7.30. The molecule has 0 aliphatic heterocycles. The van der Waals surface area contributed by atoms with Crippen molar-refractivity contribution in [3.63, 3.8) is 0 Å². The molecular formula is C15H22N4. The Morgan fingerprint density at radius 1 is 1.26 bits per heavy atom. The Morgan fingerprint density at radius 3 is 2.68 bits per heavy atom. The average Bonchev–Trinajstić information content (AvgIpc) is 2.82. The summed E-state index contributed by atoms with van der Waals surface area (Å²) in [6.07, 6.45) is 2.99. The molecular weight excluding hydrogens is 236 g/mol. The maximum atomic E-state index is 5.60. The highest BCUT2D eigenvalue weighted by molar-refractivity contribution is 5.52. The zero-order valence-corrected chi connectivity index (χ0v) is 11.7. The van der Waals surface area contributed by atoms with E-state index in [4.69, 9.17) is 5.73 Å². The molecule has 0 amide bonds. The Hall–Kier alpha value is -1.97. The van der Waals surface area contributed by atoms with Crippen LogP contribution in [0.4, 0.5) is 11.5 Å². The van der Waals surface area contributed by atoms with Crippen molar-refractivity contribution in [3.05, 3.63) is 42.1 Å². The van der Waals surface area contributed by atoms with Crippen molar-refractivity contribution < 1.29 is 0 Å². The lowest BCUT2D eigenvalue weighted by Gasteiger charge is -2.24. The van der Waals surface area contributed by atoms with Gasteiger partial charge in [-0.2, -0.15) is 5.10 Å². The van der Waals surface area contributed by atoms with Crippen LogP contribution in [0.1, 0.15) is 18.9 Å². The van der Waals surface area contributed by atoms with Gasteiger partial charge in [0.2, 0.25) is 0 Å². The largest absolute Gasteiger partial charge is 0.382 e. The van der Waals surface area contributed by atoms with Gasteiger partial charge in [0.1, 0.15) is 5.82 Å². The summed E-state index contributed by atoms with van der Waals surface area (Å²) in [7, 11) is 0. The second-order valence-corrected chi connectivity index (χ2v) is 4.72. The molecule has 0 saturated heterocycles. The Balaban J connectivity index is 1.91. The van der Waals surface area contributed by atoms with Crippen LogP contribution in [-0.2, 0) is 6.54 Å². The number of hydrogen-bond acceptors (Lipinski definition) is 3. The second kappa shape index (κ2) is 6.27. The number of para-hydroxylation sites is 1. The first-order valence-electron chi connectivity index (χ1n) is 6.80. The molecule has 2 N–H and O–H groups in total. The minimum atomic E-state index is 0.589. The molecule has 2 rings (SSSR count). The van der Waals surface area contributed by atoms with E-state index in [1.165, 1.54) is 11.3 Å². The first kappa shape index (κ1) is 13.5. The van der Waals surface area contributed by atoms with Crippen molar-refractivity contribution in [2.75, 3.05) is 23.7 Å². The van der Waals surface area contributed by atoms with Crippen LogP contribution in [0.2, 0.25) is 0 Å². The third kappa shape index (κ3) is 3.50. The van der Waals surface area contributed by atoms with Crippen molar-refractivity contribution >= 4 is 11.5 Å². The highest BCUT2D eigenvalue weighted by atomic mass is 15.3. The maximum absolute atomic E-state index is 5.60. The summed E-state index contributed by atoms with van der Waals surface area (Å²) >= 11 is 0. The topological polar surface area (TPSA) is 47.1 Å². The predicted molar refractivity (Wildman–Crippen MR) is 80.3 cm³/mol. The van der Waals surface area contributed by atoms with Crippen LogP contribution in [0, 0.1) is 6.92 Å². The van der Waals surface area contributed by atoms with E-state index in [9.17, 15) is 0 Å². The summed E-state index contributed by atoms with van der Waals surface area (Å²) < 4.78 is 1.90. The Kier molecular flexibility index (Phi) is 4.44. The van der Waals surface area contributed by atoms with Crippen LogP contribution in [0.25, 0.3) is 0 Å². The van der Waals surface area contributed by atoms with E-state index in [-0.39, 0.29) is 0 Å². The lowest BCUT2D eigenvalue weighted by atomic mass is 10.1. The molecule has 0 bridgehead atoms. The van der Waals surface area contributed by atoms with Gasteiger partial charge in [-0.3, -0.25) is 4.68 Å².